The first-order valence-electron chi connectivity index (χ1n) is 30.2. The Kier molecular flexibility index (Phi) is 21.9. The van der Waals surface area contributed by atoms with Crippen molar-refractivity contribution in [2.24, 2.45) is 0 Å². The van der Waals surface area contributed by atoms with Crippen molar-refractivity contribution in [1.82, 2.24) is 14.6 Å². The van der Waals surface area contributed by atoms with E-state index >= 15 is 4.39 Å². The van der Waals surface area contributed by atoms with Crippen molar-refractivity contribution < 1.29 is 55.6 Å². The Hall–Kier alpha value is -6.04. The number of aromatic amines is 1. The molecule has 2 aliphatic heterocycles. The van der Waals surface area contributed by atoms with Crippen LogP contribution in [0, 0.1) is 5.82 Å². The Balaban J connectivity index is 0.572. The second-order valence-corrected chi connectivity index (χ2v) is 25.6. The van der Waals surface area contributed by atoms with Gasteiger partial charge < -0.3 is 39.7 Å². The zero-order valence-corrected chi connectivity index (χ0v) is 49.2. The van der Waals surface area contributed by atoms with Gasteiger partial charge in [0.25, 0.3) is 5.91 Å². The number of carboxylic acids is 1. The highest BCUT2D eigenvalue weighted by atomic mass is 32.2. The number of anilines is 1. The minimum atomic E-state index is -3.72. The molecule has 1 aliphatic carbocycles. The first-order chi connectivity index (χ1) is 39.4. The molecular weight excluding hydrogens is 1070 g/mol. The number of aromatic nitrogens is 1. The van der Waals surface area contributed by atoms with E-state index in [2.05, 4.69) is 41.6 Å². The topological polar surface area (TPSA) is 186 Å². The number of fused-ring (bicyclic) bond motifs is 2. The lowest BCUT2D eigenvalue weighted by atomic mass is 9.86. The lowest BCUT2D eigenvalue weighted by Crippen LogP contribution is -2.37. The summed E-state index contributed by atoms with van der Waals surface area (Å²) in [5.74, 6) is -0.895. The van der Waals surface area contributed by atoms with Crippen LogP contribution in [0.2, 0.25) is 0 Å². The van der Waals surface area contributed by atoms with Gasteiger partial charge in [0, 0.05) is 66.9 Å². The molecule has 2 fully saturated rings. The van der Waals surface area contributed by atoms with Crippen molar-refractivity contribution in [3.63, 3.8) is 0 Å². The smallest absolute Gasteiger partial charge is 0.404 e. The normalized spacial score (nSPS) is 17.0. The molecule has 4 aromatic carbocycles. The number of rotatable bonds is 35. The summed E-state index contributed by atoms with van der Waals surface area (Å²) in [4.78, 5) is 39.9. The third kappa shape index (κ3) is 17.3. The van der Waals surface area contributed by atoms with E-state index in [1.807, 2.05) is 18.2 Å². The maximum Gasteiger partial charge on any atom is 0.404 e. The van der Waals surface area contributed by atoms with Gasteiger partial charge in [-0.2, -0.15) is 8.70 Å². The summed E-state index contributed by atoms with van der Waals surface area (Å²) < 4.78 is 80.3. The number of piperidine rings is 1. The monoisotopic (exact) mass is 1150 g/mol. The number of carbonyl (C=O) groups excluding carboxylic acids is 2. The van der Waals surface area contributed by atoms with E-state index in [0.717, 1.165) is 42.7 Å². The Morgan fingerprint density at radius 3 is 1.89 bits per heavy atom. The average Bonchev–Trinajstić information content (AvgIpc) is 4.28. The Morgan fingerprint density at radius 2 is 1.30 bits per heavy atom. The molecule has 2 amide bonds. The predicted molar refractivity (Wildman–Crippen MR) is 316 cm³/mol. The molecule has 14 nitrogen and oxygen atoms in total. The van der Waals surface area contributed by atoms with Gasteiger partial charge in [-0.1, -0.05) is 135 Å². The number of halogens is 2. The lowest BCUT2D eigenvalue weighted by molar-refractivity contribution is -0.173. The molecule has 1 atom stereocenters. The first kappa shape index (κ1) is 62.0. The SMILES string of the molecule is CC1(F)Oc2ccc(C3(C(=O)Nc4cc5cc(C(C)(C)CCOCCCCCCCCCCCCCCCCCCCCOc6ccc(C7CCN(S(=O)(=O)c8ccc(C(=O)NCC(=O)O)cc8)CC7)cc6)[nH]c5cc4F)CC3)cc2O1. The Morgan fingerprint density at radius 1 is 0.732 bits per heavy atom. The van der Waals surface area contributed by atoms with Crippen molar-refractivity contribution in [1.29, 1.82) is 0 Å². The summed E-state index contributed by atoms with van der Waals surface area (Å²) in [5, 5.41) is 14.7. The minimum Gasteiger partial charge on any atom is -0.494 e. The molecule has 3 aliphatic rings. The van der Waals surface area contributed by atoms with Crippen LogP contribution >= 0.6 is 0 Å². The molecule has 1 aromatic heterocycles. The van der Waals surface area contributed by atoms with Gasteiger partial charge in [0.05, 0.1) is 22.6 Å². The predicted octanol–water partition coefficient (Wildman–Crippen LogP) is 14.6. The van der Waals surface area contributed by atoms with Crippen molar-refractivity contribution in [2.75, 3.05) is 44.8 Å². The fourth-order valence-electron chi connectivity index (χ4n) is 11.4. The highest BCUT2D eigenvalue weighted by molar-refractivity contribution is 7.89. The molecule has 5 aromatic rings. The zero-order chi connectivity index (χ0) is 58.2. The molecule has 0 spiro atoms. The van der Waals surface area contributed by atoms with Crippen LogP contribution in [0.25, 0.3) is 10.9 Å². The number of aliphatic carboxylic acids is 1. The Labute approximate surface area is 483 Å². The van der Waals surface area contributed by atoms with Crippen LogP contribution in [-0.2, 0) is 35.2 Å². The summed E-state index contributed by atoms with van der Waals surface area (Å²) in [5.41, 5.74) is 2.79. The van der Waals surface area contributed by atoms with Crippen LogP contribution in [0.15, 0.2) is 89.8 Å². The number of hydrogen-bond acceptors (Lipinski definition) is 9. The van der Waals surface area contributed by atoms with E-state index in [4.69, 9.17) is 24.1 Å². The van der Waals surface area contributed by atoms with E-state index in [-0.39, 0.29) is 44.9 Å². The Bertz CT molecular complexity index is 3010. The number of nitrogens with one attached hydrogen (secondary N) is 3. The summed E-state index contributed by atoms with van der Waals surface area (Å²) >= 11 is 0. The molecule has 8 rings (SSSR count). The molecule has 1 saturated heterocycles. The van der Waals surface area contributed by atoms with E-state index in [1.165, 1.54) is 150 Å². The van der Waals surface area contributed by atoms with Crippen molar-refractivity contribution in [3.8, 4) is 17.2 Å². The highest BCUT2D eigenvalue weighted by Crippen LogP contribution is 2.52. The second kappa shape index (κ2) is 29.0. The van der Waals surface area contributed by atoms with E-state index in [0.29, 0.717) is 63.1 Å². The molecule has 446 valence electrons. The number of unbranched alkanes of at least 4 members (excludes halogenated alkanes) is 17. The van der Waals surface area contributed by atoms with E-state index in [9.17, 15) is 27.2 Å². The maximum absolute atomic E-state index is 15.4. The van der Waals surface area contributed by atoms with Crippen LogP contribution in [0.5, 0.6) is 17.2 Å². The van der Waals surface area contributed by atoms with Gasteiger partial charge >= 0.3 is 12.0 Å². The first-order valence-corrected chi connectivity index (χ1v) is 31.6. The van der Waals surface area contributed by atoms with Crippen LogP contribution in [0.3, 0.4) is 0 Å². The number of amides is 2. The summed E-state index contributed by atoms with van der Waals surface area (Å²) in [6.45, 7) is 7.90. The molecule has 4 N–H and O–H groups in total. The number of ether oxygens (including phenoxy) is 4. The van der Waals surface area contributed by atoms with Crippen LogP contribution < -0.4 is 24.8 Å². The van der Waals surface area contributed by atoms with Gasteiger partial charge in [-0.15, -0.1) is 0 Å². The maximum atomic E-state index is 15.4. The van der Waals surface area contributed by atoms with Gasteiger partial charge in [0.1, 0.15) is 18.1 Å². The summed E-state index contributed by atoms with van der Waals surface area (Å²) in [6, 6.07) is 21.7. The van der Waals surface area contributed by atoms with Crippen LogP contribution in [0.4, 0.5) is 14.5 Å². The second-order valence-electron chi connectivity index (χ2n) is 23.6. The van der Waals surface area contributed by atoms with Crippen molar-refractivity contribution in [3.05, 3.63) is 113 Å². The quantitative estimate of drug-likeness (QED) is 0.0285. The van der Waals surface area contributed by atoms with Crippen LogP contribution in [0.1, 0.15) is 202 Å². The number of H-pyrrole nitrogens is 1. The summed E-state index contributed by atoms with van der Waals surface area (Å²) in [7, 11) is -3.72. The molecule has 1 saturated carbocycles. The van der Waals surface area contributed by atoms with E-state index < -0.39 is 45.7 Å². The molecule has 0 bridgehead atoms. The number of carbonyl (C=O) groups is 3. The van der Waals surface area contributed by atoms with Crippen molar-refractivity contribution >= 4 is 44.4 Å². The lowest BCUT2D eigenvalue weighted by Gasteiger charge is -2.31. The minimum absolute atomic E-state index is 0.108. The van der Waals surface area contributed by atoms with Gasteiger partial charge in [-0.25, -0.2) is 12.8 Å². The standard InChI is InChI=1S/C65H86F2N4O10S/c1-63(2,59-43-50-42-56(54(66)45-55(50)69-59)70-62(75)65(34-35-65)51-26-31-57-58(44-51)81-64(3,67)80-57)36-41-78-39-20-18-16-14-12-10-8-6-4-5-7-9-11-13-15-17-19-21-40-79-52-27-22-47(23-28-52)48-32-37-71(38-33-48)82(76,77)53-29-24-49(25-30-53)61(74)68-46-60(72)73/h22-31,42-45,48,69H,4-21,32-41,46H2,1-3H3,(H,68,74)(H,70,75)(H,72,73). The third-order valence-corrected chi connectivity index (χ3v) is 18.6. The van der Waals surface area contributed by atoms with Crippen LogP contribution in [-0.4, -0.2) is 86.1 Å². The zero-order valence-electron chi connectivity index (χ0n) is 48.4. The van der Waals surface area contributed by atoms with Gasteiger partial charge in [0.2, 0.25) is 15.9 Å². The highest BCUT2D eigenvalue weighted by Gasteiger charge is 2.52. The van der Waals surface area contributed by atoms with E-state index in [1.54, 1.807) is 24.3 Å². The molecule has 3 heterocycles. The number of sulfonamides is 1. The molecule has 0 radical (unpaired) electrons. The largest absolute Gasteiger partial charge is 0.494 e. The number of hydrogen-bond donors (Lipinski definition) is 4. The number of benzene rings is 4. The molecule has 82 heavy (non-hydrogen) atoms. The van der Waals surface area contributed by atoms with Gasteiger partial charge in [0.15, 0.2) is 11.5 Å². The average molecular weight is 1150 g/mol. The fraction of sp³-hybridized carbons (Fsp3) is 0.554. The number of carboxylic acid groups (broad SMARTS) is 1. The molecule has 17 heteroatoms. The molecular formula is C65H86F2N4O10S. The molecule has 1 unspecified atom stereocenters. The van der Waals surface area contributed by atoms with Gasteiger partial charge in [-0.05, 0) is 123 Å². The third-order valence-electron chi connectivity index (χ3n) is 16.7. The van der Waals surface area contributed by atoms with Crippen molar-refractivity contribution in [2.45, 2.75) is 196 Å². The number of alkyl halides is 1. The fourth-order valence-corrected chi connectivity index (χ4v) is 12.8. The van der Waals surface area contributed by atoms with Gasteiger partial charge in [-0.3, -0.25) is 14.4 Å². The summed E-state index contributed by atoms with van der Waals surface area (Å²) in [6.07, 6.45) is 26.3. The number of nitrogens with zero attached hydrogens (tertiary/aromatic N) is 1.